The van der Waals surface area contributed by atoms with Gasteiger partial charge in [0.1, 0.15) is 0 Å². The van der Waals surface area contributed by atoms with Crippen molar-refractivity contribution in [3.63, 3.8) is 0 Å². The van der Waals surface area contributed by atoms with Gasteiger partial charge in [-0.15, -0.1) is 11.3 Å². The van der Waals surface area contributed by atoms with Gasteiger partial charge in [-0.2, -0.15) is 0 Å². The molecule has 1 aromatic rings. The fourth-order valence-electron chi connectivity index (χ4n) is 1.82. The SMILES string of the molecule is CCCCCc1csc(CCCCC)c1. The van der Waals surface area contributed by atoms with Crippen LogP contribution in [0.25, 0.3) is 0 Å². The lowest BCUT2D eigenvalue weighted by atomic mass is 10.1. The van der Waals surface area contributed by atoms with Crippen LogP contribution in [0.15, 0.2) is 11.4 Å². The van der Waals surface area contributed by atoms with E-state index in [1.807, 2.05) is 11.3 Å². The summed E-state index contributed by atoms with van der Waals surface area (Å²) in [6.07, 6.45) is 10.7. The molecule has 0 aliphatic heterocycles. The molecule has 15 heavy (non-hydrogen) atoms. The zero-order valence-corrected chi connectivity index (χ0v) is 11.0. The lowest BCUT2D eigenvalue weighted by molar-refractivity contribution is 0.714. The van der Waals surface area contributed by atoms with Crippen LogP contribution in [0.4, 0.5) is 0 Å². The summed E-state index contributed by atoms with van der Waals surface area (Å²) in [6.45, 7) is 4.54. The van der Waals surface area contributed by atoms with E-state index in [4.69, 9.17) is 0 Å². The van der Waals surface area contributed by atoms with Crippen LogP contribution in [0.3, 0.4) is 0 Å². The van der Waals surface area contributed by atoms with Crippen molar-refractivity contribution >= 4 is 11.3 Å². The van der Waals surface area contributed by atoms with E-state index in [1.54, 1.807) is 10.4 Å². The lowest BCUT2D eigenvalue weighted by Crippen LogP contribution is -1.83. The molecule has 0 saturated carbocycles. The molecule has 0 amide bonds. The van der Waals surface area contributed by atoms with Crippen LogP contribution < -0.4 is 0 Å². The van der Waals surface area contributed by atoms with Crippen LogP contribution in [-0.2, 0) is 12.8 Å². The maximum atomic E-state index is 2.43. The molecule has 1 rings (SSSR count). The molecule has 0 bridgehead atoms. The second kappa shape index (κ2) is 7.92. The topological polar surface area (TPSA) is 0 Å². The first kappa shape index (κ1) is 12.8. The number of thiophene rings is 1. The third kappa shape index (κ3) is 5.36. The van der Waals surface area contributed by atoms with Gasteiger partial charge in [-0.05, 0) is 42.7 Å². The quantitative estimate of drug-likeness (QED) is 0.531. The van der Waals surface area contributed by atoms with E-state index in [0.717, 1.165) is 0 Å². The Kier molecular flexibility index (Phi) is 6.74. The Labute approximate surface area is 98.7 Å². The summed E-state index contributed by atoms with van der Waals surface area (Å²) in [5, 5.41) is 2.36. The number of aryl methyl sites for hydroxylation is 2. The average molecular weight is 224 g/mol. The highest BCUT2D eigenvalue weighted by Gasteiger charge is 1.99. The van der Waals surface area contributed by atoms with Crippen molar-refractivity contribution in [3.05, 3.63) is 21.9 Å². The molecule has 86 valence electrons. The number of rotatable bonds is 8. The molecule has 0 unspecified atom stereocenters. The summed E-state index contributed by atoms with van der Waals surface area (Å²) in [6, 6.07) is 2.43. The Bertz CT molecular complexity index is 225. The van der Waals surface area contributed by atoms with Gasteiger partial charge in [0.05, 0.1) is 0 Å². The molecule has 0 N–H and O–H groups in total. The average Bonchev–Trinajstić information content (AvgIpc) is 2.67. The minimum Gasteiger partial charge on any atom is -0.149 e. The van der Waals surface area contributed by atoms with Crippen LogP contribution in [-0.4, -0.2) is 0 Å². The van der Waals surface area contributed by atoms with E-state index in [2.05, 4.69) is 25.3 Å². The standard InChI is InChI=1S/C14H24S/c1-3-5-7-9-13-11-14(15-12-13)10-8-6-4-2/h11-12H,3-10H2,1-2H3. The molecule has 0 spiro atoms. The molecule has 0 radical (unpaired) electrons. The molecule has 0 aliphatic rings. The third-order valence-corrected chi connectivity index (χ3v) is 3.85. The summed E-state index contributed by atoms with van der Waals surface area (Å²) in [4.78, 5) is 1.59. The maximum absolute atomic E-state index is 2.43. The molecular formula is C14H24S. The van der Waals surface area contributed by atoms with E-state index in [1.165, 1.54) is 51.4 Å². The summed E-state index contributed by atoms with van der Waals surface area (Å²) in [5.41, 5.74) is 1.57. The lowest BCUT2D eigenvalue weighted by Gasteiger charge is -1.96. The van der Waals surface area contributed by atoms with Gasteiger partial charge in [0.15, 0.2) is 0 Å². The van der Waals surface area contributed by atoms with Crippen molar-refractivity contribution in [2.24, 2.45) is 0 Å². The fraction of sp³-hybridized carbons (Fsp3) is 0.714. The Morgan fingerprint density at radius 1 is 0.933 bits per heavy atom. The van der Waals surface area contributed by atoms with Crippen LogP contribution in [0.2, 0.25) is 0 Å². The Hall–Kier alpha value is -0.300. The van der Waals surface area contributed by atoms with Crippen LogP contribution in [0.1, 0.15) is 62.8 Å². The Balaban J connectivity index is 2.23. The summed E-state index contributed by atoms with van der Waals surface area (Å²) < 4.78 is 0. The molecule has 1 aromatic heterocycles. The van der Waals surface area contributed by atoms with Gasteiger partial charge in [-0.25, -0.2) is 0 Å². The van der Waals surface area contributed by atoms with Crippen LogP contribution >= 0.6 is 11.3 Å². The molecule has 0 aliphatic carbocycles. The van der Waals surface area contributed by atoms with Crippen molar-refractivity contribution < 1.29 is 0 Å². The van der Waals surface area contributed by atoms with Gasteiger partial charge in [0.25, 0.3) is 0 Å². The van der Waals surface area contributed by atoms with Crippen LogP contribution in [0, 0.1) is 0 Å². The molecule has 0 atom stereocenters. The van der Waals surface area contributed by atoms with E-state index in [9.17, 15) is 0 Å². The summed E-state index contributed by atoms with van der Waals surface area (Å²) in [7, 11) is 0. The van der Waals surface area contributed by atoms with Gasteiger partial charge in [-0.1, -0.05) is 39.5 Å². The van der Waals surface area contributed by atoms with Crippen molar-refractivity contribution in [2.75, 3.05) is 0 Å². The zero-order chi connectivity index (χ0) is 10.9. The number of unbranched alkanes of at least 4 members (excludes halogenated alkanes) is 4. The zero-order valence-electron chi connectivity index (χ0n) is 10.2. The predicted molar refractivity (Wildman–Crippen MR) is 70.8 cm³/mol. The predicted octanol–water partition coefficient (Wildman–Crippen LogP) is 5.21. The Morgan fingerprint density at radius 2 is 1.60 bits per heavy atom. The van der Waals surface area contributed by atoms with Gasteiger partial charge in [0, 0.05) is 4.88 Å². The highest BCUT2D eigenvalue weighted by Crippen LogP contribution is 2.19. The largest absolute Gasteiger partial charge is 0.149 e. The molecule has 0 fully saturated rings. The highest BCUT2D eigenvalue weighted by molar-refractivity contribution is 7.10. The third-order valence-electron chi connectivity index (χ3n) is 2.80. The molecule has 1 heteroatoms. The normalized spacial score (nSPS) is 10.8. The minimum absolute atomic E-state index is 1.29. The smallest absolute Gasteiger partial charge is 0.00480 e. The van der Waals surface area contributed by atoms with Crippen molar-refractivity contribution in [1.29, 1.82) is 0 Å². The van der Waals surface area contributed by atoms with Crippen molar-refractivity contribution in [2.45, 2.75) is 65.2 Å². The fourth-order valence-corrected chi connectivity index (χ4v) is 2.79. The molecular weight excluding hydrogens is 200 g/mol. The van der Waals surface area contributed by atoms with Crippen molar-refractivity contribution in [1.82, 2.24) is 0 Å². The monoisotopic (exact) mass is 224 g/mol. The van der Waals surface area contributed by atoms with E-state index in [-0.39, 0.29) is 0 Å². The van der Waals surface area contributed by atoms with Gasteiger partial charge in [0.2, 0.25) is 0 Å². The van der Waals surface area contributed by atoms with Gasteiger partial charge >= 0.3 is 0 Å². The molecule has 0 nitrogen and oxygen atoms in total. The van der Waals surface area contributed by atoms with E-state index in [0.29, 0.717) is 0 Å². The van der Waals surface area contributed by atoms with Gasteiger partial charge < -0.3 is 0 Å². The maximum Gasteiger partial charge on any atom is 0.00480 e. The first-order valence-electron chi connectivity index (χ1n) is 6.43. The second-order valence-electron chi connectivity index (χ2n) is 4.34. The molecule has 0 aromatic carbocycles. The number of hydrogen-bond acceptors (Lipinski definition) is 1. The number of hydrogen-bond donors (Lipinski definition) is 0. The van der Waals surface area contributed by atoms with E-state index < -0.39 is 0 Å². The second-order valence-corrected chi connectivity index (χ2v) is 5.33. The molecule has 1 heterocycles. The van der Waals surface area contributed by atoms with Gasteiger partial charge in [-0.3, -0.25) is 0 Å². The first-order chi connectivity index (χ1) is 7.36. The molecule has 0 saturated heterocycles. The Morgan fingerprint density at radius 3 is 2.27 bits per heavy atom. The van der Waals surface area contributed by atoms with Crippen molar-refractivity contribution in [3.8, 4) is 0 Å². The highest BCUT2D eigenvalue weighted by atomic mass is 32.1. The van der Waals surface area contributed by atoms with E-state index >= 15 is 0 Å². The minimum atomic E-state index is 1.29. The first-order valence-corrected chi connectivity index (χ1v) is 7.31. The summed E-state index contributed by atoms with van der Waals surface area (Å²) >= 11 is 1.96. The van der Waals surface area contributed by atoms with Crippen LogP contribution in [0.5, 0.6) is 0 Å². The summed E-state index contributed by atoms with van der Waals surface area (Å²) in [5.74, 6) is 0.